The fraction of sp³-hybridized carbons (Fsp3) is 0.636. The minimum absolute atomic E-state index is 0.252. The first-order valence-corrected chi connectivity index (χ1v) is 5.85. The van der Waals surface area contributed by atoms with E-state index in [0.29, 0.717) is 19.1 Å². The van der Waals surface area contributed by atoms with E-state index >= 15 is 0 Å². The summed E-state index contributed by atoms with van der Waals surface area (Å²) in [7, 11) is 0. The smallest absolute Gasteiger partial charge is 0.231 e. The molecule has 0 saturated carbocycles. The third kappa shape index (κ3) is 3.83. The van der Waals surface area contributed by atoms with E-state index in [4.69, 9.17) is 10.2 Å². The van der Waals surface area contributed by atoms with Crippen LogP contribution in [0.3, 0.4) is 0 Å². The number of aromatic nitrogens is 1. The lowest BCUT2D eigenvalue weighted by Gasteiger charge is -2.31. The molecule has 0 spiro atoms. The number of nitrogens with two attached hydrogens (primary N) is 1. The van der Waals surface area contributed by atoms with Gasteiger partial charge in [-0.25, -0.2) is 4.98 Å². The van der Waals surface area contributed by atoms with Gasteiger partial charge in [-0.15, -0.1) is 0 Å². The largest absolute Gasteiger partial charge is 0.447 e. The lowest BCUT2D eigenvalue weighted by atomic mass is 10.1. The highest BCUT2D eigenvalue weighted by Gasteiger charge is 2.19. The maximum absolute atomic E-state index is 10.8. The molecule has 0 bridgehead atoms. The van der Waals surface area contributed by atoms with Gasteiger partial charge in [-0.3, -0.25) is 9.69 Å². The van der Waals surface area contributed by atoms with Crippen LogP contribution in [0, 0.1) is 0 Å². The lowest BCUT2D eigenvalue weighted by Crippen LogP contribution is -2.45. The topological polar surface area (TPSA) is 84.4 Å². The summed E-state index contributed by atoms with van der Waals surface area (Å²) in [5, 5.41) is 3.42. The maximum Gasteiger partial charge on any atom is 0.231 e. The van der Waals surface area contributed by atoms with Gasteiger partial charge < -0.3 is 15.5 Å². The van der Waals surface area contributed by atoms with Crippen molar-refractivity contribution in [3.05, 3.63) is 18.4 Å². The van der Waals surface area contributed by atoms with E-state index in [1.54, 1.807) is 6.20 Å². The zero-order chi connectivity index (χ0) is 12.1. The number of piperidine rings is 1. The molecule has 0 atom stereocenters. The molecule has 2 heterocycles. The predicted molar refractivity (Wildman–Crippen MR) is 62.0 cm³/mol. The van der Waals surface area contributed by atoms with Crippen LogP contribution in [0.25, 0.3) is 0 Å². The summed E-state index contributed by atoms with van der Waals surface area (Å²) >= 11 is 0. The number of hydrogen-bond donors (Lipinski definition) is 2. The van der Waals surface area contributed by atoms with Gasteiger partial charge in [-0.1, -0.05) is 0 Å². The van der Waals surface area contributed by atoms with Crippen molar-refractivity contribution in [2.75, 3.05) is 19.6 Å². The molecule has 3 N–H and O–H groups in total. The van der Waals surface area contributed by atoms with Crippen LogP contribution in [-0.4, -0.2) is 41.5 Å². The van der Waals surface area contributed by atoms with Crippen molar-refractivity contribution in [3.8, 4) is 0 Å². The molecular formula is C11H18N4O2. The molecule has 1 amide bonds. The Morgan fingerprint density at radius 1 is 1.59 bits per heavy atom. The number of oxazole rings is 1. The number of amides is 1. The number of primary amides is 1. The summed E-state index contributed by atoms with van der Waals surface area (Å²) in [6.07, 6.45) is 5.21. The summed E-state index contributed by atoms with van der Waals surface area (Å²) in [5.74, 6) is 0.600. The zero-order valence-electron chi connectivity index (χ0n) is 9.76. The normalized spacial score (nSPS) is 18.4. The SMILES string of the molecule is NC(=O)CN1CCC(NCc2cnco2)CC1. The molecule has 1 aliphatic rings. The lowest BCUT2D eigenvalue weighted by molar-refractivity contribution is -0.119. The number of hydrogen-bond acceptors (Lipinski definition) is 5. The number of carbonyl (C=O) groups is 1. The summed E-state index contributed by atoms with van der Waals surface area (Å²) in [5.41, 5.74) is 5.17. The van der Waals surface area contributed by atoms with E-state index < -0.39 is 0 Å². The Kier molecular flexibility index (Phi) is 4.11. The van der Waals surface area contributed by atoms with Crippen molar-refractivity contribution in [2.45, 2.75) is 25.4 Å². The molecule has 1 saturated heterocycles. The van der Waals surface area contributed by atoms with Crippen LogP contribution in [0.15, 0.2) is 17.0 Å². The second-order valence-corrected chi connectivity index (χ2v) is 4.37. The molecule has 2 rings (SSSR count). The predicted octanol–water partition coefficient (Wildman–Crippen LogP) is -0.286. The van der Waals surface area contributed by atoms with Gasteiger partial charge in [-0.05, 0) is 12.8 Å². The second kappa shape index (κ2) is 5.79. The highest BCUT2D eigenvalue weighted by Crippen LogP contribution is 2.10. The molecule has 0 aromatic carbocycles. The average molecular weight is 238 g/mol. The molecule has 1 fully saturated rings. The van der Waals surface area contributed by atoms with Crippen molar-refractivity contribution < 1.29 is 9.21 Å². The molecule has 6 heteroatoms. The standard InChI is InChI=1S/C11H18N4O2/c12-11(16)7-15-3-1-9(2-4-15)14-6-10-5-13-8-17-10/h5,8-9,14H,1-4,6-7H2,(H2,12,16). The first kappa shape index (κ1) is 12.1. The van der Waals surface area contributed by atoms with Crippen LogP contribution in [0.1, 0.15) is 18.6 Å². The highest BCUT2D eigenvalue weighted by atomic mass is 16.3. The number of nitrogens with one attached hydrogen (secondary N) is 1. The molecule has 1 aromatic rings. The van der Waals surface area contributed by atoms with Gasteiger partial charge in [0, 0.05) is 19.1 Å². The van der Waals surface area contributed by atoms with Crippen molar-refractivity contribution in [2.24, 2.45) is 5.73 Å². The first-order chi connectivity index (χ1) is 8.24. The number of rotatable bonds is 5. The maximum atomic E-state index is 10.8. The van der Waals surface area contributed by atoms with E-state index in [9.17, 15) is 4.79 Å². The molecule has 1 aliphatic heterocycles. The second-order valence-electron chi connectivity index (χ2n) is 4.37. The fourth-order valence-electron chi connectivity index (χ4n) is 2.09. The Hall–Kier alpha value is -1.40. The molecular weight excluding hydrogens is 220 g/mol. The van der Waals surface area contributed by atoms with Gasteiger partial charge >= 0.3 is 0 Å². The van der Waals surface area contributed by atoms with Crippen LogP contribution >= 0.6 is 0 Å². The van der Waals surface area contributed by atoms with Crippen molar-refractivity contribution in [3.63, 3.8) is 0 Å². The number of carbonyl (C=O) groups excluding carboxylic acids is 1. The monoisotopic (exact) mass is 238 g/mol. The minimum Gasteiger partial charge on any atom is -0.447 e. The van der Waals surface area contributed by atoms with E-state index in [-0.39, 0.29) is 5.91 Å². The van der Waals surface area contributed by atoms with Crippen molar-refractivity contribution in [1.82, 2.24) is 15.2 Å². The quantitative estimate of drug-likeness (QED) is 0.736. The number of likely N-dealkylation sites (tertiary alicyclic amines) is 1. The van der Waals surface area contributed by atoms with Crippen LogP contribution in [0.5, 0.6) is 0 Å². The van der Waals surface area contributed by atoms with Crippen molar-refractivity contribution in [1.29, 1.82) is 0 Å². The first-order valence-electron chi connectivity index (χ1n) is 5.85. The van der Waals surface area contributed by atoms with Crippen LogP contribution < -0.4 is 11.1 Å². The Morgan fingerprint density at radius 2 is 2.35 bits per heavy atom. The zero-order valence-corrected chi connectivity index (χ0v) is 9.76. The van der Waals surface area contributed by atoms with Gasteiger partial charge in [0.1, 0.15) is 5.76 Å². The third-order valence-electron chi connectivity index (χ3n) is 3.02. The van der Waals surface area contributed by atoms with Crippen LogP contribution in [0.4, 0.5) is 0 Å². The number of nitrogens with zero attached hydrogens (tertiary/aromatic N) is 2. The van der Waals surface area contributed by atoms with E-state index in [1.807, 2.05) is 0 Å². The molecule has 0 radical (unpaired) electrons. The molecule has 6 nitrogen and oxygen atoms in total. The van der Waals surface area contributed by atoms with Crippen LogP contribution in [-0.2, 0) is 11.3 Å². The molecule has 1 aromatic heterocycles. The van der Waals surface area contributed by atoms with Crippen molar-refractivity contribution >= 4 is 5.91 Å². The minimum atomic E-state index is -0.252. The summed E-state index contributed by atoms with van der Waals surface area (Å²) in [6.45, 7) is 2.91. The van der Waals surface area contributed by atoms with Gasteiger partial charge in [-0.2, -0.15) is 0 Å². The average Bonchev–Trinajstić information content (AvgIpc) is 2.80. The molecule has 0 aliphatic carbocycles. The van der Waals surface area contributed by atoms with Gasteiger partial charge in [0.15, 0.2) is 6.39 Å². The Bertz CT molecular complexity index is 344. The Labute approximate surface area is 100 Å². The Morgan fingerprint density at radius 3 is 2.94 bits per heavy atom. The van der Waals surface area contributed by atoms with Gasteiger partial charge in [0.05, 0.1) is 19.3 Å². The summed E-state index contributed by atoms with van der Waals surface area (Å²) in [6, 6.07) is 0.476. The fourth-order valence-corrected chi connectivity index (χ4v) is 2.09. The molecule has 94 valence electrons. The van der Waals surface area contributed by atoms with Crippen LogP contribution in [0.2, 0.25) is 0 Å². The molecule has 17 heavy (non-hydrogen) atoms. The Balaban J connectivity index is 1.67. The van der Waals surface area contributed by atoms with Gasteiger partial charge in [0.25, 0.3) is 0 Å². The van der Waals surface area contributed by atoms with E-state index in [0.717, 1.165) is 31.7 Å². The third-order valence-corrected chi connectivity index (χ3v) is 3.02. The van der Waals surface area contributed by atoms with E-state index in [2.05, 4.69) is 15.2 Å². The summed E-state index contributed by atoms with van der Waals surface area (Å²) < 4.78 is 5.15. The van der Waals surface area contributed by atoms with E-state index in [1.165, 1.54) is 6.39 Å². The molecule has 0 unspecified atom stereocenters. The summed E-state index contributed by atoms with van der Waals surface area (Å²) in [4.78, 5) is 16.7. The van der Waals surface area contributed by atoms with Gasteiger partial charge in [0.2, 0.25) is 5.91 Å². The highest BCUT2D eigenvalue weighted by molar-refractivity contribution is 5.75.